The standard InChI is InChI=1S/C19H22N2O6/c1-2-21(9-14-4-3-7-23-14)19(22)15-10-25-18(20-15)11-24-13-5-6-16-17(8-13)27-12-26-16/h5-6,8,10,14H,2-4,7,9,11-12H2,1H3/t14-/m0/s1. The van der Waals surface area contributed by atoms with Gasteiger partial charge >= 0.3 is 0 Å². The van der Waals surface area contributed by atoms with Gasteiger partial charge in [0.2, 0.25) is 12.7 Å². The fraction of sp³-hybridized carbons (Fsp3) is 0.474. The number of aromatic nitrogens is 1. The predicted octanol–water partition coefficient (Wildman–Crippen LogP) is 2.62. The molecule has 3 heterocycles. The van der Waals surface area contributed by atoms with E-state index in [0.717, 1.165) is 19.4 Å². The molecule has 8 nitrogen and oxygen atoms in total. The molecule has 1 fully saturated rings. The molecule has 0 unspecified atom stereocenters. The van der Waals surface area contributed by atoms with Crippen LogP contribution in [-0.4, -0.2) is 48.4 Å². The Balaban J connectivity index is 1.35. The highest BCUT2D eigenvalue weighted by atomic mass is 16.7. The van der Waals surface area contributed by atoms with E-state index in [2.05, 4.69) is 4.98 Å². The van der Waals surface area contributed by atoms with Crippen molar-refractivity contribution in [2.75, 3.05) is 26.5 Å². The third-order valence-corrected chi connectivity index (χ3v) is 4.59. The molecule has 1 atom stereocenters. The summed E-state index contributed by atoms with van der Waals surface area (Å²) in [5, 5.41) is 0. The number of carbonyl (C=O) groups excluding carboxylic acids is 1. The second-order valence-electron chi connectivity index (χ2n) is 6.41. The lowest BCUT2D eigenvalue weighted by molar-refractivity contribution is 0.0534. The Morgan fingerprint density at radius 2 is 2.22 bits per heavy atom. The summed E-state index contributed by atoms with van der Waals surface area (Å²) < 4.78 is 27.3. The smallest absolute Gasteiger partial charge is 0.275 e. The van der Waals surface area contributed by atoms with Crippen LogP contribution in [-0.2, 0) is 11.3 Å². The molecule has 4 rings (SSSR count). The monoisotopic (exact) mass is 374 g/mol. The quantitative estimate of drug-likeness (QED) is 0.737. The van der Waals surface area contributed by atoms with Gasteiger partial charge in [0.1, 0.15) is 12.0 Å². The molecule has 0 aliphatic carbocycles. The number of nitrogens with zero attached hydrogens (tertiary/aromatic N) is 2. The minimum Gasteiger partial charge on any atom is -0.484 e. The van der Waals surface area contributed by atoms with Crippen LogP contribution >= 0.6 is 0 Å². The van der Waals surface area contributed by atoms with Crippen LogP contribution in [0.15, 0.2) is 28.9 Å². The van der Waals surface area contributed by atoms with Crippen LogP contribution in [0.1, 0.15) is 36.1 Å². The number of fused-ring (bicyclic) bond motifs is 1. The fourth-order valence-electron chi connectivity index (χ4n) is 3.14. The van der Waals surface area contributed by atoms with Gasteiger partial charge in [-0.15, -0.1) is 0 Å². The summed E-state index contributed by atoms with van der Waals surface area (Å²) in [4.78, 5) is 18.6. The number of likely N-dealkylation sites (N-methyl/N-ethyl adjacent to an activating group) is 1. The lowest BCUT2D eigenvalue weighted by Crippen LogP contribution is -2.37. The highest BCUT2D eigenvalue weighted by Gasteiger charge is 2.24. The van der Waals surface area contributed by atoms with Crippen LogP contribution in [0.2, 0.25) is 0 Å². The van der Waals surface area contributed by atoms with E-state index in [1.165, 1.54) is 6.26 Å². The van der Waals surface area contributed by atoms with E-state index in [4.69, 9.17) is 23.4 Å². The third kappa shape index (κ3) is 4.00. The molecule has 0 saturated carbocycles. The van der Waals surface area contributed by atoms with Gasteiger partial charge in [-0.2, -0.15) is 0 Å². The van der Waals surface area contributed by atoms with E-state index in [1.54, 1.807) is 23.1 Å². The largest absolute Gasteiger partial charge is 0.484 e. The SMILES string of the molecule is CCN(C[C@@H]1CCCO1)C(=O)c1coc(COc2ccc3c(c2)OCO3)n1. The number of hydrogen-bond acceptors (Lipinski definition) is 7. The van der Waals surface area contributed by atoms with E-state index in [0.29, 0.717) is 36.2 Å². The minimum absolute atomic E-state index is 0.106. The highest BCUT2D eigenvalue weighted by Crippen LogP contribution is 2.35. The maximum absolute atomic E-state index is 12.7. The molecule has 0 spiro atoms. The van der Waals surface area contributed by atoms with E-state index in [1.807, 2.05) is 6.92 Å². The molecule has 1 saturated heterocycles. The van der Waals surface area contributed by atoms with Crippen molar-refractivity contribution in [3.63, 3.8) is 0 Å². The van der Waals surface area contributed by atoms with Crippen LogP contribution in [0.5, 0.6) is 17.2 Å². The van der Waals surface area contributed by atoms with Gasteiger partial charge in [0.15, 0.2) is 23.8 Å². The second kappa shape index (κ2) is 7.87. The maximum atomic E-state index is 12.7. The normalized spacial score (nSPS) is 17.9. The first-order valence-corrected chi connectivity index (χ1v) is 9.10. The number of oxazole rings is 1. The second-order valence-corrected chi connectivity index (χ2v) is 6.41. The molecule has 2 aliphatic heterocycles. The summed E-state index contributed by atoms with van der Waals surface area (Å²) in [5.41, 5.74) is 0.277. The summed E-state index contributed by atoms with van der Waals surface area (Å²) in [7, 11) is 0. The lowest BCUT2D eigenvalue weighted by atomic mass is 10.2. The van der Waals surface area contributed by atoms with Gasteiger partial charge in [-0.1, -0.05) is 0 Å². The molecular weight excluding hydrogens is 352 g/mol. The summed E-state index contributed by atoms with van der Waals surface area (Å²) in [6, 6.07) is 5.31. The zero-order valence-electron chi connectivity index (χ0n) is 15.2. The van der Waals surface area contributed by atoms with Gasteiger partial charge in [-0.25, -0.2) is 4.98 Å². The molecule has 1 aromatic heterocycles. The molecule has 0 radical (unpaired) electrons. The first kappa shape index (κ1) is 17.7. The molecule has 2 aliphatic rings. The molecule has 1 aromatic carbocycles. The molecule has 1 amide bonds. The number of hydrogen-bond donors (Lipinski definition) is 0. The van der Waals surface area contributed by atoms with Gasteiger partial charge in [-0.05, 0) is 31.9 Å². The van der Waals surface area contributed by atoms with Crippen molar-refractivity contribution in [2.45, 2.75) is 32.5 Å². The predicted molar refractivity (Wildman–Crippen MR) is 94.0 cm³/mol. The minimum atomic E-state index is -0.161. The zero-order chi connectivity index (χ0) is 18.6. The van der Waals surface area contributed by atoms with Crippen LogP contribution in [0.25, 0.3) is 0 Å². The van der Waals surface area contributed by atoms with Crippen molar-refractivity contribution in [2.24, 2.45) is 0 Å². The number of amides is 1. The Bertz CT molecular complexity index is 799. The van der Waals surface area contributed by atoms with E-state index < -0.39 is 0 Å². The van der Waals surface area contributed by atoms with Gasteiger partial charge in [-0.3, -0.25) is 4.79 Å². The van der Waals surface area contributed by atoms with Crippen molar-refractivity contribution in [3.05, 3.63) is 36.0 Å². The Hall–Kier alpha value is -2.74. The number of carbonyl (C=O) groups is 1. The molecule has 0 N–H and O–H groups in total. The van der Waals surface area contributed by atoms with Gasteiger partial charge in [0.05, 0.1) is 6.10 Å². The maximum Gasteiger partial charge on any atom is 0.275 e. The first-order valence-electron chi connectivity index (χ1n) is 9.10. The lowest BCUT2D eigenvalue weighted by Gasteiger charge is -2.22. The molecule has 2 aromatic rings. The Morgan fingerprint density at radius 3 is 3.04 bits per heavy atom. The Labute approximate surface area is 157 Å². The molecular formula is C19H22N2O6. The number of benzene rings is 1. The van der Waals surface area contributed by atoms with Gasteiger partial charge < -0.3 is 28.3 Å². The average molecular weight is 374 g/mol. The Kier molecular flexibility index (Phi) is 5.15. The topological polar surface area (TPSA) is 83.3 Å². The first-order chi connectivity index (χ1) is 13.2. The van der Waals surface area contributed by atoms with Crippen molar-refractivity contribution in [3.8, 4) is 17.2 Å². The van der Waals surface area contributed by atoms with Crippen molar-refractivity contribution in [1.82, 2.24) is 9.88 Å². The van der Waals surface area contributed by atoms with E-state index in [9.17, 15) is 4.79 Å². The van der Waals surface area contributed by atoms with Crippen molar-refractivity contribution in [1.29, 1.82) is 0 Å². The van der Waals surface area contributed by atoms with Crippen LogP contribution < -0.4 is 14.2 Å². The highest BCUT2D eigenvalue weighted by molar-refractivity contribution is 5.92. The number of rotatable bonds is 7. The van der Waals surface area contributed by atoms with E-state index in [-0.39, 0.29) is 31.1 Å². The van der Waals surface area contributed by atoms with E-state index >= 15 is 0 Å². The van der Waals surface area contributed by atoms with Crippen molar-refractivity contribution < 1.29 is 28.2 Å². The molecule has 144 valence electrons. The zero-order valence-corrected chi connectivity index (χ0v) is 15.2. The summed E-state index contributed by atoms with van der Waals surface area (Å²) in [6.07, 6.45) is 3.51. The van der Waals surface area contributed by atoms with Crippen LogP contribution in [0, 0.1) is 0 Å². The van der Waals surface area contributed by atoms with Gasteiger partial charge in [0, 0.05) is 25.8 Å². The van der Waals surface area contributed by atoms with Crippen molar-refractivity contribution >= 4 is 5.91 Å². The molecule has 27 heavy (non-hydrogen) atoms. The number of ether oxygens (including phenoxy) is 4. The third-order valence-electron chi connectivity index (χ3n) is 4.59. The summed E-state index contributed by atoms with van der Waals surface area (Å²) in [6.45, 7) is 4.20. The summed E-state index contributed by atoms with van der Waals surface area (Å²) in [5.74, 6) is 2.12. The Morgan fingerprint density at radius 1 is 1.33 bits per heavy atom. The van der Waals surface area contributed by atoms with Gasteiger partial charge in [0.25, 0.3) is 5.91 Å². The average Bonchev–Trinajstić information content (AvgIpc) is 3.45. The molecule has 8 heteroatoms. The summed E-state index contributed by atoms with van der Waals surface area (Å²) >= 11 is 0. The molecule has 0 bridgehead atoms. The van der Waals surface area contributed by atoms with Crippen LogP contribution in [0.3, 0.4) is 0 Å². The van der Waals surface area contributed by atoms with Crippen LogP contribution in [0.4, 0.5) is 0 Å². The fourth-order valence-corrected chi connectivity index (χ4v) is 3.14.